The van der Waals surface area contributed by atoms with Crippen LogP contribution in [0.1, 0.15) is 49.3 Å². The van der Waals surface area contributed by atoms with E-state index in [1.165, 1.54) is 4.90 Å². The first-order valence-electron chi connectivity index (χ1n) is 11.5. The molecule has 2 aliphatic rings. The van der Waals surface area contributed by atoms with Crippen LogP contribution in [-0.4, -0.2) is 43.7 Å². The first kappa shape index (κ1) is 23.4. The second-order valence-corrected chi connectivity index (χ2v) is 11.0. The number of sulfonamides is 1. The predicted octanol–water partition coefficient (Wildman–Crippen LogP) is 3.78. The van der Waals surface area contributed by atoms with E-state index in [9.17, 15) is 18.0 Å². The molecule has 8 heteroatoms. The lowest BCUT2D eigenvalue weighted by Crippen LogP contribution is -2.42. The number of carbonyl (C=O) groups excluding carboxylic acids is 2. The molecule has 0 aliphatic carbocycles. The first-order chi connectivity index (χ1) is 15.6. The smallest absolute Gasteiger partial charge is 0.244 e. The monoisotopic (exact) mass is 469 g/mol. The summed E-state index contributed by atoms with van der Waals surface area (Å²) < 4.78 is 28.1. The highest BCUT2D eigenvalue weighted by Gasteiger charge is 2.33. The molecule has 2 aromatic rings. The average molecular weight is 470 g/mol. The summed E-state index contributed by atoms with van der Waals surface area (Å²) in [6.45, 7) is 6.29. The Morgan fingerprint density at radius 1 is 1.06 bits per heavy atom. The highest BCUT2D eigenvalue weighted by Crippen LogP contribution is 2.32. The third-order valence-corrected chi connectivity index (χ3v) is 8.42. The van der Waals surface area contributed by atoms with Crippen molar-refractivity contribution in [3.05, 3.63) is 53.1 Å². The van der Waals surface area contributed by atoms with Crippen LogP contribution >= 0.6 is 0 Å². The number of anilines is 2. The maximum absolute atomic E-state index is 13.2. The van der Waals surface area contributed by atoms with Crippen molar-refractivity contribution in [3.63, 3.8) is 0 Å². The van der Waals surface area contributed by atoms with Gasteiger partial charge in [-0.05, 0) is 87.1 Å². The van der Waals surface area contributed by atoms with Crippen molar-refractivity contribution in [1.29, 1.82) is 0 Å². The van der Waals surface area contributed by atoms with Gasteiger partial charge in [-0.1, -0.05) is 12.5 Å². The highest BCUT2D eigenvalue weighted by atomic mass is 32.2. The summed E-state index contributed by atoms with van der Waals surface area (Å²) in [6, 6.07) is 10.7. The number of aryl methyl sites for hydroxylation is 3. The maximum atomic E-state index is 13.2. The molecule has 0 radical (unpaired) electrons. The lowest BCUT2D eigenvalue weighted by molar-refractivity contribution is -0.121. The van der Waals surface area contributed by atoms with Gasteiger partial charge in [0.15, 0.2) is 0 Å². The number of carbonyl (C=O) groups is 2. The first-order valence-corrected chi connectivity index (χ1v) is 12.9. The van der Waals surface area contributed by atoms with E-state index >= 15 is 0 Å². The zero-order valence-corrected chi connectivity index (χ0v) is 20.2. The van der Waals surface area contributed by atoms with Gasteiger partial charge in [0, 0.05) is 30.4 Å². The van der Waals surface area contributed by atoms with Gasteiger partial charge >= 0.3 is 0 Å². The summed E-state index contributed by atoms with van der Waals surface area (Å²) in [7, 11) is -3.60. The highest BCUT2D eigenvalue weighted by molar-refractivity contribution is 7.89. The van der Waals surface area contributed by atoms with Crippen LogP contribution in [0.25, 0.3) is 0 Å². The zero-order chi connectivity index (χ0) is 23.8. The standard InChI is InChI=1S/C25H31N3O4S/c1-17-12-18(2)14-21(13-17)26-24(29)16-27-23-9-8-22(15-20(23)7-10-25(27)30)33(31,32)28-11-5-4-6-19(28)3/h8-9,12-15,19H,4-7,10-11,16H2,1-3H3,(H,26,29). The Bertz CT molecular complexity index is 1170. The number of nitrogens with zero attached hydrogens (tertiary/aromatic N) is 2. The number of fused-ring (bicyclic) bond motifs is 1. The summed E-state index contributed by atoms with van der Waals surface area (Å²) in [5.74, 6) is -0.432. The van der Waals surface area contributed by atoms with Crippen LogP contribution in [0.5, 0.6) is 0 Å². The number of hydrogen-bond donors (Lipinski definition) is 1. The summed E-state index contributed by atoms with van der Waals surface area (Å²) in [4.78, 5) is 27.1. The molecule has 0 bridgehead atoms. The van der Waals surface area contributed by atoms with Crippen molar-refractivity contribution >= 4 is 33.2 Å². The fourth-order valence-electron chi connectivity index (χ4n) is 4.83. The minimum Gasteiger partial charge on any atom is -0.325 e. The molecule has 1 saturated heterocycles. The van der Waals surface area contributed by atoms with Crippen molar-refractivity contribution in [3.8, 4) is 0 Å². The van der Waals surface area contributed by atoms with Crippen molar-refractivity contribution in [2.45, 2.75) is 63.8 Å². The molecule has 2 amide bonds. The van der Waals surface area contributed by atoms with E-state index in [0.717, 1.165) is 36.0 Å². The number of benzene rings is 2. The molecule has 1 N–H and O–H groups in total. The molecule has 0 spiro atoms. The van der Waals surface area contributed by atoms with Crippen LogP contribution in [0.2, 0.25) is 0 Å². The molecule has 4 rings (SSSR count). The van der Waals surface area contributed by atoms with Crippen LogP contribution in [-0.2, 0) is 26.0 Å². The number of hydrogen-bond acceptors (Lipinski definition) is 4. The van der Waals surface area contributed by atoms with Gasteiger partial charge < -0.3 is 10.2 Å². The fourth-order valence-corrected chi connectivity index (χ4v) is 6.58. The van der Waals surface area contributed by atoms with Crippen LogP contribution in [0.15, 0.2) is 41.3 Å². The van der Waals surface area contributed by atoms with Crippen LogP contribution in [0.4, 0.5) is 11.4 Å². The number of nitrogens with one attached hydrogen (secondary N) is 1. The average Bonchev–Trinajstić information content (AvgIpc) is 2.75. The third kappa shape index (κ3) is 4.96. The second kappa shape index (κ2) is 9.27. The lowest BCUT2D eigenvalue weighted by Gasteiger charge is -2.33. The predicted molar refractivity (Wildman–Crippen MR) is 129 cm³/mol. The Kier molecular flexibility index (Phi) is 6.59. The molecule has 33 heavy (non-hydrogen) atoms. The van der Waals surface area contributed by atoms with Gasteiger partial charge in [-0.3, -0.25) is 9.59 Å². The Labute approximate surface area is 195 Å². The summed E-state index contributed by atoms with van der Waals surface area (Å²) in [5, 5.41) is 2.87. The van der Waals surface area contributed by atoms with Crippen molar-refractivity contribution < 1.29 is 18.0 Å². The quantitative estimate of drug-likeness (QED) is 0.722. The van der Waals surface area contributed by atoms with E-state index in [-0.39, 0.29) is 35.7 Å². The van der Waals surface area contributed by atoms with Gasteiger partial charge in [0.1, 0.15) is 6.54 Å². The van der Waals surface area contributed by atoms with Crippen LogP contribution in [0, 0.1) is 13.8 Å². The number of piperidine rings is 1. The van der Waals surface area contributed by atoms with Gasteiger partial charge in [0.25, 0.3) is 0 Å². The van der Waals surface area contributed by atoms with Crippen molar-refractivity contribution in [1.82, 2.24) is 4.31 Å². The molecule has 1 unspecified atom stereocenters. The third-order valence-electron chi connectivity index (χ3n) is 6.41. The van der Waals surface area contributed by atoms with Gasteiger partial charge in [0.2, 0.25) is 21.8 Å². The number of rotatable bonds is 5. The molecule has 1 atom stereocenters. The molecular weight excluding hydrogens is 438 g/mol. The minimum absolute atomic E-state index is 0.0215. The zero-order valence-electron chi connectivity index (χ0n) is 19.4. The Morgan fingerprint density at radius 2 is 1.79 bits per heavy atom. The van der Waals surface area contributed by atoms with Gasteiger partial charge in [-0.15, -0.1) is 0 Å². The molecule has 7 nitrogen and oxygen atoms in total. The lowest BCUT2D eigenvalue weighted by atomic mass is 10.0. The summed E-state index contributed by atoms with van der Waals surface area (Å²) >= 11 is 0. The maximum Gasteiger partial charge on any atom is 0.244 e. The Balaban J connectivity index is 1.55. The Morgan fingerprint density at radius 3 is 2.48 bits per heavy atom. The largest absolute Gasteiger partial charge is 0.325 e. The van der Waals surface area contributed by atoms with E-state index in [4.69, 9.17) is 0 Å². The summed E-state index contributed by atoms with van der Waals surface area (Å²) in [6.07, 6.45) is 3.47. The van der Waals surface area contributed by atoms with Crippen LogP contribution < -0.4 is 10.2 Å². The summed E-state index contributed by atoms with van der Waals surface area (Å²) in [5.41, 5.74) is 4.16. The minimum atomic E-state index is -3.60. The SMILES string of the molecule is Cc1cc(C)cc(NC(=O)CN2C(=O)CCc3cc(S(=O)(=O)N4CCCCC4C)ccc32)c1. The molecule has 2 aromatic carbocycles. The fraction of sp³-hybridized carbons (Fsp3) is 0.440. The normalized spacial score (nSPS) is 19.3. The van der Waals surface area contributed by atoms with E-state index in [1.807, 2.05) is 39.0 Å². The van der Waals surface area contributed by atoms with Crippen LogP contribution in [0.3, 0.4) is 0 Å². The van der Waals surface area contributed by atoms with E-state index in [0.29, 0.717) is 24.3 Å². The van der Waals surface area contributed by atoms with E-state index < -0.39 is 10.0 Å². The van der Waals surface area contributed by atoms with Gasteiger partial charge in [0.05, 0.1) is 4.90 Å². The molecule has 0 saturated carbocycles. The number of amides is 2. The molecular formula is C25H31N3O4S. The van der Waals surface area contributed by atoms with E-state index in [1.54, 1.807) is 22.5 Å². The topological polar surface area (TPSA) is 86.8 Å². The molecule has 2 heterocycles. The van der Waals surface area contributed by atoms with E-state index in [2.05, 4.69) is 5.32 Å². The van der Waals surface area contributed by atoms with Gasteiger partial charge in [-0.25, -0.2) is 8.42 Å². The second-order valence-electron chi connectivity index (χ2n) is 9.16. The van der Waals surface area contributed by atoms with Gasteiger partial charge in [-0.2, -0.15) is 4.31 Å². The molecule has 0 aromatic heterocycles. The van der Waals surface area contributed by atoms with Crippen molar-refractivity contribution in [2.24, 2.45) is 0 Å². The molecule has 2 aliphatic heterocycles. The van der Waals surface area contributed by atoms with Crippen molar-refractivity contribution in [2.75, 3.05) is 23.3 Å². The molecule has 176 valence electrons. The Hall–Kier alpha value is -2.71. The molecule has 1 fully saturated rings.